The summed E-state index contributed by atoms with van der Waals surface area (Å²) >= 11 is 0. The average molecular weight is 705 g/mol. The molecule has 4 unspecified atom stereocenters. The Morgan fingerprint density at radius 3 is 2.12 bits per heavy atom. The number of H-pyrrole nitrogens is 2. The first kappa shape index (κ1) is 34.0. The van der Waals surface area contributed by atoms with Gasteiger partial charge in [-0.25, -0.2) is 19.6 Å². The minimum absolute atomic E-state index is 0.164. The molecular formula is C41H48N6O5. The average Bonchev–Trinajstić information content (AvgIpc) is 3.87. The van der Waals surface area contributed by atoms with Crippen LogP contribution in [0, 0.1) is 11.8 Å². The Labute approximate surface area is 304 Å². The van der Waals surface area contributed by atoms with Crippen LogP contribution in [0.5, 0.6) is 5.75 Å². The van der Waals surface area contributed by atoms with Crippen LogP contribution in [0.1, 0.15) is 97.5 Å². The number of nitrogens with one attached hydrogen (secondary N) is 2. The fourth-order valence-corrected chi connectivity index (χ4v) is 7.94. The van der Waals surface area contributed by atoms with Crippen molar-refractivity contribution in [1.29, 1.82) is 0 Å². The van der Waals surface area contributed by atoms with E-state index >= 15 is 0 Å². The number of hydrogen-bond donors (Lipinski definition) is 2. The maximum Gasteiger partial charge on any atom is 0.410 e. The molecule has 11 nitrogen and oxygen atoms in total. The van der Waals surface area contributed by atoms with Crippen LogP contribution in [0.15, 0.2) is 48.7 Å². The molecule has 2 N–H and O–H groups in total. The van der Waals surface area contributed by atoms with E-state index in [1.165, 1.54) is 0 Å². The van der Waals surface area contributed by atoms with Crippen molar-refractivity contribution in [2.75, 3.05) is 13.1 Å². The van der Waals surface area contributed by atoms with E-state index in [2.05, 4.69) is 66.3 Å². The third kappa shape index (κ3) is 6.34. The number of fused-ring (bicyclic) bond motifs is 6. The molecule has 3 aliphatic heterocycles. The molecule has 2 amide bonds. The molecule has 3 aromatic carbocycles. The summed E-state index contributed by atoms with van der Waals surface area (Å²) in [5.41, 5.74) is 5.81. The Kier molecular flexibility index (Phi) is 8.04. The van der Waals surface area contributed by atoms with E-state index in [0.29, 0.717) is 31.5 Å². The molecule has 2 saturated heterocycles. The standard InChI is InChI=1S/C41H48N6O5/c1-22-13-32(46(19-22)38(48)51-40(3,4)5)36-42-18-31(44-36)25-9-11-27-26(15-25)21-50-34-17-28-24(16-29(27)34)10-12-30-35(28)45-37(43-30)33-14-23(2)20-47(33)39(49)52-41(6,7)8/h9-12,15-18,22-23,32-33H,13-14,19-21H2,1-8H3,(H,42,44)(H,43,45). The summed E-state index contributed by atoms with van der Waals surface area (Å²) in [7, 11) is 0. The smallest absolute Gasteiger partial charge is 0.410 e. The highest BCUT2D eigenvalue weighted by Crippen LogP contribution is 2.44. The van der Waals surface area contributed by atoms with Crippen LogP contribution in [-0.4, -0.2) is 66.2 Å². The Morgan fingerprint density at radius 1 is 0.808 bits per heavy atom. The van der Waals surface area contributed by atoms with E-state index < -0.39 is 11.2 Å². The number of imidazole rings is 2. The zero-order valence-electron chi connectivity index (χ0n) is 31.3. The van der Waals surface area contributed by atoms with Crippen molar-refractivity contribution in [2.45, 2.75) is 98.1 Å². The molecule has 5 heterocycles. The minimum Gasteiger partial charge on any atom is -0.488 e. The van der Waals surface area contributed by atoms with Crippen molar-refractivity contribution in [3.05, 3.63) is 65.9 Å². The fraction of sp³-hybridized carbons (Fsp3) is 0.463. The molecule has 0 bridgehead atoms. The lowest BCUT2D eigenvalue weighted by atomic mass is 9.92. The van der Waals surface area contributed by atoms with E-state index in [0.717, 1.165) is 80.0 Å². The summed E-state index contributed by atoms with van der Waals surface area (Å²) in [6.45, 7) is 17.3. The second kappa shape index (κ2) is 12.3. The van der Waals surface area contributed by atoms with Gasteiger partial charge in [-0.05, 0) is 113 Å². The molecule has 272 valence electrons. The maximum atomic E-state index is 13.1. The highest BCUT2D eigenvalue weighted by atomic mass is 16.6. The SMILES string of the molecule is CC1CC(c2ncc(-c3ccc4c(c3)COc3cc5c(ccc6[nH]c(C7CC(C)CN7C(=O)OC(C)(C)C)nc65)cc3-4)[nH]2)N(C(=O)OC(C)(C)C)C1. The highest BCUT2D eigenvalue weighted by molar-refractivity contribution is 6.07. The number of carbonyl (C=O) groups excluding carboxylic acids is 2. The first-order valence-electron chi connectivity index (χ1n) is 18.4. The lowest BCUT2D eigenvalue weighted by molar-refractivity contribution is 0.0204. The van der Waals surface area contributed by atoms with Crippen molar-refractivity contribution < 1.29 is 23.8 Å². The molecular weight excluding hydrogens is 656 g/mol. The maximum absolute atomic E-state index is 13.1. The highest BCUT2D eigenvalue weighted by Gasteiger charge is 2.40. The van der Waals surface area contributed by atoms with Crippen LogP contribution < -0.4 is 4.74 Å². The Balaban J connectivity index is 1.06. The molecule has 3 aliphatic rings. The lowest BCUT2D eigenvalue weighted by Gasteiger charge is -2.27. The van der Waals surface area contributed by atoms with E-state index in [1.807, 2.05) is 52.6 Å². The molecule has 2 fully saturated rings. The van der Waals surface area contributed by atoms with Gasteiger partial charge in [0.05, 0.1) is 35.0 Å². The summed E-state index contributed by atoms with van der Waals surface area (Å²) in [6, 6.07) is 14.5. The molecule has 0 spiro atoms. The van der Waals surface area contributed by atoms with Gasteiger partial charge in [0.25, 0.3) is 0 Å². The summed E-state index contributed by atoms with van der Waals surface area (Å²) in [4.78, 5) is 46.6. The van der Waals surface area contributed by atoms with E-state index in [1.54, 1.807) is 4.90 Å². The molecule has 4 atom stereocenters. The van der Waals surface area contributed by atoms with Gasteiger partial charge in [0.1, 0.15) is 35.2 Å². The number of carbonyl (C=O) groups is 2. The van der Waals surface area contributed by atoms with Crippen LogP contribution in [0.3, 0.4) is 0 Å². The van der Waals surface area contributed by atoms with Gasteiger partial charge in [0.15, 0.2) is 0 Å². The molecule has 52 heavy (non-hydrogen) atoms. The molecule has 0 saturated carbocycles. The normalized spacial score (nSPS) is 21.7. The second-order valence-electron chi connectivity index (χ2n) is 17.0. The second-order valence-corrected chi connectivity index (χ2v) is 17.0. The predicted molar refractivity (Wildman–Crippen MR) is 200 cm³/mol. The Morgan fingerprint density at radius 2 is 1.46 bits per heavy atom. The van der Waals surface area contributed by atoms with Gasteiger partial charge in [-0.3, -0.25) is 9.80 Å². The van der Waals surface area contributed by atoms with Gasteiger partial charge >= 0.3 is 12.2 Å². The molecule has 8 rings (SSSR count). The summed E-state index contributed by atoms with van der Waals surface area (Å²) in [6.07, 6.45) is 2.88. The summed E-state index contributed by atoms with van der Waals surface area (Å²) in [5.74, 6) is 3.04. The quantitative estimate of drug-likeness (QED) is 0.192. The zero-order valence-corrected chi connectivity index (χ0v) is 31.3. The number of likely N-dealkylation sites (tertiary alicyclic amines) is 2. The lowest BCUT2D eigenvalue weighted by Crippen LogP contribution is -2.37. The molecule has 5 aromatic rings. The first-order chi connectivity index (χ1) is 24.6. The van der Waals surface area contributed by atoms with Crippen LogP contribution in [0.25, 0.3) is 44.2 Å². The number of hydrogen-bond acceptors (Lipinski definition) is 7. The van der Waals surface area contributed by atoms with Crippen LogP contribution in [-0.2, 0) is 16.1 Å². The number of benzene rings is 3. The minimum atomic E-state index is -0.569. The van der Waals surface area contributed by atoms with E-state index in [9.17, 15) is 9.59 Å². The topological polar surface area (TPSA) is 126 Å². The number of rotatable bonds is 3. The summed E-state index contributed by atoms with van der Waals surface area (Å²) < 4.78 is 17.9. The predicted octanol–water partition coefficient (Wildman–Crippen LogP) is 9.30. The zero-order chi connectivity index (χ0) is 36.7. The molecule has 2 aromatic heterocycles. The number of amides is 2. The molecule has 11 heteroatoms. The Bertz CT molecular complexity index is 2210. The van der Waals surface area contributed by atoms with E-state index in [-0.39, 0.29) is 24.3 Å². The monoisotopic (exact) mass is 704 g/mol. The third-order valence-corrected chi connectivity index (χ3v) is 10.2. The van der Waals surface area contributed by atoms with Gasteiger partial charge < -0.3 is 24.2 Å². The van der Waals surface area contributed by atoms with Crippen molar-refractivity contribution in [1.82, 2.24) is 29.7 Å². The van der Waals surface area contributed by atoms with Gasteiger partial charge in [-0.15, -0.1) is 0 Å². The van der Waals surface area contributed by atoms with Crippen molar-refractivity contribution in [3.8, 4) is 28.1 Å². The van der Waals surface area contributed by atoms with Gasteiger partial charge in [-0.1, -0.05) is 32.0 Å². The van der Waals surface area contributed by atoms with Gasteiger partial charge in [0.2, 0.25) is 0 Å². The molecule has 0 radical (unpaired) electrons. The van der Waals surface area contributed by atoms with Crippen molar-refractivity contribution in [2.24, 2.45) is 11.8 Å². The van der Waals surface area contributed by atoms with E-state index in [4.69, 9.17) is 24.2 Å². The van der Waals surface area contributed by atoms with Gasteiger partial charge in [-0.2, -0.15) is 0 Å². The van der Waals surface area contributed by atoms with Crippen LogP contribution in [0.4, 0.5) is 9.59 Å². The van der Waals surface area contributed by atoms with Crippen molar-refractivity contribution in [3.63, 3.8) is 0 Å². The van der Waals surface area contributed by atoms with Crippen LogP contribution in [0.2, 0.25) is 0 Å². The number of nitrogens with zero attached hydrogens (tertiary/aromatic N) is 4. The number of ether oxygens (including phenoxy) is 3. The number of aromatic amines is 2. The molecule has 0 aliphatic carbocycles. The van der Waals surface area contributed by atoms with Crippen molar-refractivity contribution >= 4 is 34.0 Å². The van der Waals surface area contributed by atoms with Gasteiger partial charge in [0, 0.05) is 24.0 Å². The third-order valence-electron chi connectivity index (χ3n) is 10.2. The first-order valence-corrected chi connectivity index (χ1v) is 18.4. The number of aromatic nitrogens is 4. The fourth-order valence-electron chi connectivity index (χ4n) is 7.94. The van der Waals surface area contributed by atoms with Crippen LogP contribution >= 0.6 is 0 Å². The summed E-state index contributed by atoms with van der Waals surface area (Å²) in [5, 5.41) is 2.06. The largest absolute Gasteiger partial charge is 0.488 e. The Hall–Kier alpha value is -5.06.